The molecule has 1 aromatic heterocycles. The molecule has 3 aromatic rings. The molecule has 1 N–H and O–H groups in total. The maximum atomic E-state index is 6.19. The molecule has 4 nitrogen and oxygen atoms in total. The average Bonchev–Trinajstić information content (AvgIpc) is 3.06. The number of nitrogens with one attached hydrogen (secondary N) is 1. The van der Waals surface area contributed by atoms with E-state index >= 15 is 0 Å². The molecule has 2 aromatic carbocycles. The van der Waals surface area contributed by atoms with Crippen molar-refractivity contribution in [3.63, 3.8) is 0 Å². The zero-order valence-electron chi connectivity index (χ0n) is 12.2. The molecule has 0 aliphatic carbocycles. The monoisotopic (exact) mass is 344 g/mol. The van der Waals surface area contributed by atoms with E-state index in [1.54, 1.807) is 6.33 Å². The summed E-state index contributed by atoms with van der Waals surface area (Å²) in [5, 5.41) is 8.93. The Morgan fingerprint density at radius 1 is 1.00 bits per heavy atom. The average molecular weight is 345 g/mol. The third-order valence-electron chi connectivity index (χ3n) is 4.16. The quantitative estimate of drug-likeness (QED) is 0.730. The lowest BCUT2D eigenvalue weighted by molar-refractivity contribution is 0.431. The van der Waals surface area contributed by atoms with Gasteiger partial charge in [0.2, 0.25) is 5.95 Å². The minimum Gasteiger partial charge on any atom is -0.348 e. The zero-order chi connectivity index (χ0) is 15.8. The molecule has 0 saturated heterocycles. The number of fused-ring (bicyclic) bond motifs is 1. The second-order valence-electron chi connectivity index (χ2n) is 5.56. The number of hydrogen-bond acceptors (Lipinski definition) is 3. The van der Waals surface area contributed by atoms with Crippen LogP contribution in [0.5, 0.6) is 0 Å². The molecule has 2 unspecified atom stereocenters. The predicted molar refractivity (Wildman–Crippen MR) is 92.0 cm³/mol. The molecule has 116 valence electrons. The van der Waals surface area contributed by atoms with E-state index in [1.807, 2.05) is 41.1 Å². The Morgan fingerprint density at radius 3 is 2.61 bits per heavy atom. The molecule has 4 rings (SSSR count). The summed E-state index contributed by atoms with van der Waals surface area (Å²) < 4.78 is 1.90. The first-order valence-corrected chi connectivity index (χ1v) is 8.14. The Labute approximate surface area is 144 Å². The first kappa shape index (κ1) is 14.5. The minimum absolute atomic E-state index is 0.0636. The number of benzene rings is 2. The summed E-state index contributed by atoms with van der Waals surface area (Å²) in [6, 6.07) is 16.3. The van der Waals surface area contributed by atoms with Crippen molar-refractivity contribution >= 4 is 29.2 Å². The number of anilines is 1. The molecule has 0 bridgehead atoms. The van der Waals surface area contributed by atoms with E-state index in [4.69, 9.17) is 23.2 Å². The number of nitrogens with zero attached hydrogens (tertiary/aromatic N) is 3. The van der Waals surface area contributed by atoms with Crippen LogP contribution >= 0.6 is 23.2 Å². The van der Waals surface area contributed by atoms with E-state index in [9.17, 15) is 0 Å². The van der Waals surface area contributed by atoms with E-state index in [1.165, 1.54) is 5.56 Å². The lowest BCUT2D eigenvalue weighted by Crippen LogP contribution is -2.28. The fourth-order valence-electron chi connectivity index (χ4n) is 3.02. The molecule has 0 saturated carbocycles. The summed E-state index contributed by atoms with van der Waals surface area (Å²) >= 11 is 12.2. The van der Waals surface area contributed by atoms with Gasteiger partial charge in [-0.2, -0.15) is 10.1 Å². The summed E-state index contributed by atoms with van der Waals surface area (Å²) in [5.41, 5.74) is 2.31. The van der Waals surface area contributed by atoms with Gasteiger partial charge in [-0.05, 0) is 29.7 Å². The summed E-state index contributed by atoms with van der Waals surface area (Å²) in [5.74, 6) is 0.765. The molecule has 0 amide bonds. The predicted octanol–water partition coefficient (Wildman–Crippen LogP) is 4.73. The lowest BCUT2D eigenvalue weighted by Gasteiger charge is -2.32. The number of hydrogen-bond donors (Lipinski definition) is 1. The third kappa shape index (κ3) is 2.69. The van der Waals surface area contributed by atoms with Crippen LogP contribution in [-0.2, 0) is 0 Å². The fraction of sp³-hybridized carbons (Fsp3) is 0.176. The van der Waals surface area contributed by atoms with E-state index in [0.29, 0.717) is 10.0 Å². The highest BCUT2D eigenvalue weighted by Gasteiger charge is 2.30. The van der Waals surface area contributed by atoms with Crippen LogP contribution < -0.4 is 5.32 Å². The van der Waals surface area contributed by atoms with Gasteiger partial charge < -0.3 is 5.32 Å². The van der Waals surface area contributed by atoms with Gasteiger partial charge in [0.25, 0.3) is 0 Å². The molecule has 6 heteroatoms. The first-order valence-electron chi connectivity index (χ1n) is 7.38. The van der Waals surface area contributed by atoms with Crippen LogP contribution in [0.4, 0.5) is 5.95 Å². The van der Waals surface area contributed by atoms with Gasteiger partial charge in [-0.3, -0.25) is 0 Å². The van der Waals surface area contributed by atoms with Crippen molar-refractivity contribution in [1.82, 2.24) is 14.8 Å². The summed E-state index contributed by atoms with van der Waals surface area (Å²) in [7, 11) is 0. The highest BCUT2D eigenvalue weighted by atomic mass is 35.5. The molecule has 0 fully saturated rings. The van der Waals surface area contributed by atoms with Gasteiger partial charge in [0.15, 0.2) is 0 Å². The number of halogens is 2. The van der Waals surface area contributed by atoms with Crippen molar-refractivity contribution in [1.29, 1.82) is 0 Å². The normalized spacial score (nSPS) is 19.9. The van der Waals surface area contributed by atoms with E-state index in [-0.39, 0.29) is 12.1 Å². The lowest BCUT2D eigenvalue weighted by atomic mass is 9.93. The van der Waals surface area contributed by atoms with Gasteiger partial charge >= 0.3 is 0 Å². The van der Waals surface area contributed by atoms with Gasteiger partial charge in [-0.25, -0.2) is 4.68 Å². The van der Waals surface area contributed by atoms with Gasteiger partial charge in [0.05, 0.1) is 22.1 Å². The van der Waals surface area contributed by atoms with Crippen LogP contribution in [0.15, 0.2) is 54.9 Å². The summed E-state index contributed by atoms with van der Waals surface area (Å²) in [6.45, 7) is 0. The molecule has 1 aliphatic heterocycles. The Balaban J connectivity index is 1.75. The molecule has 2 atom stereocenters. The van der Waals surface area contributed by atoms with Crippen LogP contribution in [0.25, 0.3) is 0 Å². The molecular weight excluding hydrogens is 331 g/mol. The van der Waals surface area contributed by atoms with Gasteiger partial charge in [0.1, 0.15) is 6.33 Å². The van der Waals surface area contributed by atoms with E-state index in [0.717, 1.165) is 17.9 Å². The Kier molecular flexibility index (Phi) is 3.71. The zero-order valence-corrected chi connectivity index (χ0v) is 13.7. The molecule has 23 heavy (non-hydrogen) atoms. The van der Waals surface area contributed by atoms with Crippen LogP contribution in [0, 0.1) is 0 Å². The Morgan fingerprint density at radius 2 is 1.83 bits per heavy atom. The van der Waals surface area contributed by atoms with Crippen molar-refractivity contribution < 1.29 is 0 Å². The van der Waals surface area contributed by atoms with Crippen molar-refractivity contribution in [2.24, 2.45) is 0 Å². The van der Waals surface area contributed by atoms with Crippen molar-refractivity contribution in [2.75, 3.05) is 5.32 Å². The van der Waals surface area contributed by atoms with Crippen LogP contribution in [-0.4, -0.2) is 14.8 Å². The molecule has 2 heterocycles. The van der Waals surface area contributed by atoms with Crippen LogP contribution in [0.1, 0.15) is 29.6 Å². The third-order valence-corrected chi connectivity index (χ3v) is 4.90. The van der Waals surface area contributed by atoms with E-state index < -0.39 is 0 Å². The van der Waals surface area contributed by atoms with Crippen molar-refractivity contribution in [3.8, 4) is 0 Å². The van der Waals surface area contributed by atoms with Crippen LogP contribution in [0.2, 0.25) is 10.0 Å². The SMILES string of the molecule is Clc1ccc(C2CC(c3ccccc3)Nc3ncnn32)cc1Cl. The van der Waals surface area contributed by atoms with Crippen LogP contribution in [0.3, 0.4) is 0 Å². The maximum Gasteiger partial charge on any atom is 0.222 e. The summed E-state index contributed by atoms with van der Waals surface area (Å²) in [6.07, 6.45) is 2.43. The highest BCUT2D eigenvalue weighted by molar-refractivity contribution is 6.42. The topological polar surface area (TPSA) is 42.7 Å². The number of rotatable bonds is 2. The second kappa shape index (κ2) is 5.87. The minimum atomic E-state index is 0.0636. The Hall–Kier alpha value is -2.04. The van der Waals surface area contributed by atoms with Crippen molar-refractivity contribution in [2.45, 2.75) is 18.5 Å². The number of aromatic nitrogens is 3. The van der Waals surface area contributed by atoms with E-state index in [2.05, 4.69) is 27.5 Å². The molecule has 0 spiro atoms. The highest BCUT2D eigenvalue weighted by Crippen LogP contribution is 2.38. The molecule has 0 radical (unpaired) electrons. The van der Waals surface area contributed by atoms with Crippen molar-refractivity contribution in [3.05, 3.63) is 76.0 Å². The van der Waals surface area contributed by atoms with Gasteiger partial charge in [0, 0.05) is 0 Å². The largest absolute Gasteiger partial charge is 0.348 e. The standard InChI is InChI=1S/C17H14Cl2N4/c18-13-7-6-12(8-14(13)19)16-9-15(11-4-2-1-3-5-11)22-17-20-10-21-23(16)17/h1-8,10,15-16H,9H2,(H,20,21,22). The summed E-state index contributed by atoms with van der Waals surface area (Å²) in [4.78, 5) is 4.33. The van der Waals surface area contributed by atoms with Gasteiger partial charge in [-0.1, -0.05) is 59.6 Å². The smallest absolute Gasteiger partial charge is 0.222 e. The molecule has 1 aliphatic rings. The molecular formula is C17H14Cl2N4. The fourth-order valence-corrected chi connectivity index (χ4v) is 3.33. The van der Waals surface area contributed by atoms with Gasteiger partial charge in [-0.15, -0.1) is 0 Å². The first-order chi connectivity index (χ1) is 11.2. The second-order valence-corrected chi connectivity index (χ2v) is 6.38. The maximum absolute atomic E-state index is 6.19. The Bertz CT molecular complexity index is 832.